The van der Waals surface area contributed by atoms with Gasteiger partial charge in [0.1, 0.15) is 0 Å². The van der Waals surface area contributed by atoms with E-state index in [2.05, 4.69) is 48.6 Å². The van der Waals surface area contributed by atoms with Gasteiger partial charge < -0.3 is 29.1 Å². The minimum Gasteiger partial charge on any atom is -0.422 e. The molecule has 0 bridgehead atoms. The molecule has 4 rings (SSSR count). The van der Waals surface area contributed by atoms with Crippen LogP contribution in [-0.2, 0) is 9.16 Å². The molecule has 2 saturated heterocycles. The third-order valence-corrected chi connectivity index (χ3v) is 11.1. The molecule has 0 radical (unpaired) electrons. The van der Waals surface area contributed by atoms with Crippen LogP contribution in [0.4, 0.5) is 17.5 Å². The highest BCUT2D eigenvalue weighted by molar-refractivity contribution is 6.74. The van der Waals surface area contributed by atoms with E-state index in [9.17, 15) is 0 Å². The summed E-state index contributed by atoms with van der Waals surface area (Å²) in [6.45, 7) is 16.1. The highest BCUT2D eigenvalue weighted by Crippen LogP contribution is 2.39. The van der Waals surface area contributed by atoms with Crippen LogP contribution in [0.1, 0.15) is 33.6 Å². The molecule has 1 atom stereocenters. The lowest BCUT2D eigenvalue weighted by Gasteiger charge is -2.42. The lowest BCUT2D eigenvalue weighted by atomic mass is 10.1. The number of hydrogen-bond acceptors (Lipinski definition) is 8. The van der Waals surface area contributed by atoms with Gasteiger partial charge in [-0.15, -0.1) is 0 Å². The molecule has 4 heterocycles. The van der Waals surface area contributed by atoms with Gasteiger partial charge in [-0.05, 0) is 31.0 Å². The number of fused-ring (bicyclic) bond motifs is 1. The fraction of sp³-hybridized carbons (Fsp3) is 0.714. The first kappa shape index (κ1) is 21.4. The first-order valence-corrected chi connectivity index (χ1v) is 13.9. The Kier molecular flexibility index (Phi) is 5.71. The van der Waals surface area contributed by atoms with Gasteiger partial charge in [0.05, 0.1) is 25.0 Å². The Balaban J connectivity index is 1.54. The van der Waals surface area contributed by atoms with E-state index in [1.807, 2.05) is 6.07 Å². The number of aromatic nitrogens is 2. The standard InChI is InChI=1S/C21H35N5O3Si/c1-21(2,3)30(4,5)29-15-7-6-8-26(14-15)19-16(22)13-17-18(23-19)24-20(28-17)25-9-11-27-12-10-25/h13,15H,6-12,14,22H2,1-5H3/t15-/m1/s1. The maximum Gasteiger partial charge on any atom is 0.300 e. The number of anilines is 3. The van der Waals surface area contributed by atoms with E-state index in [1.54, 1.807) is 0 Å². The van der Waals surface area contributed by atoms with Crippen molar-refractivity contribution in [3.8, 4) is 0 Å². The van der Waals surface area contributed by atoms with Crippen molar-refractivity contribution in [1.82, 2.24) is 9.97 Å². The van der Waals surface area contributed by atoms with E-state index in [1.165, 1.54) is 0 Å². The van der Waals surface area contributed by atoms with Crippen molar-refractivity contribution >= 4 is 37.1 Å². The maximum absolute atomic E-state index is 6.68. The van der Waals surface area contributed by atoms with Crippen LogP contribution in [0, 0.1) is 0 Å². The monoisotopic (exact) mass is 433 g/mol. The topological polar surface area (TPSA) is 89.9 Å². The van der Waals surface area contributed by atoms with Crippen LogP contribution in [0.15, 0.2) is 10.5 Å². The molecule has 0 amide bonds. The molecule has 8 nitrogen and oxygen atoms in total. The van der Waals surface area contributed by atoms with Crippen molar-refractivity contribution < 1.29 is 13.6 Å². The average Bonchev–Trinajstić information content (AvgIpc) is 3.10. The number of nitrogens with zero attached hydrogens (tertiary/aromatic N) is 4. The van der Waals surface area contributed by atoms with E-state index in [-0.39, 0.29) is 11.1 Å². The van der Waals surface area contributed by atoms with Crippen molar-refractivity contribution in [3.63, 3.8) is 0 Å². The first-order valence-electron chi connectivity index (χ1n) is 11.0. The van der Waals surface area contributed by atoms with E-state index in [0.717, 1.165) is 44.8 Å². The molecule has 2 N–H and O–H groups in total. The fourth-order valence-corrected chi connectivity index (χ4v) is 5.20. The number of oxazole rings is 1. The Morgan fingerprint density at radius 2 is 1.87 bits per heavy atom. The van der Waals surface area contributed by atoms with Gasteiger partial charge in [-0.3, -0.25) is 0 Å². The van der Waals surface area contributed by atoms with E-state index >= 15 is 0 Å². The molecule has 30 heavy (non-hydrogen) atoms. The highest BCUT2D eigenvalue weighted by Gasteiger charge is 2.40. The third kappa shape index (κ3) is 4.28. The molecule has 2 fully saturated rings. The second-order valence-electron chi connectivity index (χ2n) is 9.91. The minimum absolute atomic E-state index is 0.196. The van der Waals surface area contributed by atoms with Crippen molar-refractivity contribution in [3.05, 3.63) is 6.07 Å². The lowest BCUT2D eigenvalue weighted by molar-refractivity contribution is 0.120. The highest BCUT2D eigenvalue weighted by atomic mass is 28.4. The normalized spacial score (nSPS) is 21.4. The van der Waals surface area contributed by atoms with Crippen LogP contribution in [0.2, 0.25) is 18.1 Å². The largest absolute Gasteiger partial charge is 0.422 e. The summed E-state index contributed by atoms with van der Waals surface area (Å²) in [5.41, 5.74) is 8.25. The predicted octanol–water partition coefficient (Wildman–Crippen LogP) is 3.63. The van der Waals surface area contributed by atoms with Gasteiger partial charge in [0, 0.05) is 32.2 Å². The van der Waals surface area contributed by atoms with Crippen LogP contribution in [0.5, 0.6) is 0 Å². The maximum atomic E-state index is 6.68. The summed E-state index contributed by atoms with van der Waals surface area (Å²) in [5, 5.41) is 0.196. The average molecular weight is 434 g/mol. The molecule has 0 saturated carbocycles. The smallest absolute Gasteiger partial charge is 0.300 e. The van der Waals surface area contributed by atoms with Gasteiger partial charge >= 0.3 is 0 Å². The number of nitrogens with two attached hydrogens (primary N) is 1. The SMILES string of the molecule is CC(C)(C)[Si](C)(C)O[C@@H]1CCCN(c2nc3nc(N4CCOCC4)oc3cc2N)C1. The van der Waals surface area contributed by atoms with E-state index in [0.29, 0.717) is 36.1 Å². The molecular formula is C21H35N5O3Si. The van der Waals surface area contributed by atoms with Gasteiger partial charge in [0.25, 0.3) is 6.01 Å². The molecule has 0 unspecified atom stereocenters. The Morgan fingerprint density at radius 1 is 1.13 bits per heavy atom. The van der Waals surface area contributed by atoms with Crippen LogP contribution in [0.25, 0.3) is 11.2 Å². The molecule has 0 aliphatic carbocycles. The number of ether oxygens (including phenoxy) is 1. The summed E-state index contributed by atoms with van der Waals surface area (Å²) in [4.78, 5) is 13.8. The fourth-order valence-electron chi connectivity index (χ4n) is 3.82. The van der Waals surface area contributed by atoms with Crippen molar-refractivity contribution in [2.24, 2.45) is 0 Å². The summed E-state index contributed by atoms with van der Waals surface area (Å²) < 4.78 is 18.0. The summed E-state index contributed by atoms with van der Waals surface area (Å²) >= 11 is 0. The van der Waals surface area contributed by atoms with Gasteiger partial charge in [0.15, 0.2) is 19.7 Å². The van der Waals surface area contributed by atoms with Crippen molar-refractivity contribution in [2.45, 2.75) is 57.8 Å². The molecule has 2 aromatic rings. The molecule has 2 aromatic heterocycles. The van der Waals surface area contributed by atoms with Gasteiger partial charge in [-0.1, -0.05) is 20.8 Å². The second-order valence-corrected chi connectivity index (χ2v) is 14.7. The zero-order chi connectivity index (χ0) is 21.5. The summed E-state index contributed by atoms with van der Waals surface area (Å²) in [5.74, 6) is 0.785. The summed E-state index contributed by atoms with van der Waals surface area (Å²) in [6.07, 6.45) is 2.35. The zero-order valence-corrected chi connectivity index (χ0v) is 19.9. The lowest BCUT2D eigenvalue weighted by Crippen LogP contribution is -2.49. The Morgan fingerprint density at radius 3 is 2.57 bits per heavy atom. The molecule has 166 valence electrons. The second kappa shape index (κ2) is 8.01. The summed E-state index contributed by atoms with van der Waals surface area (Å²) in [6, 6.07) is 2.45. The van der Waals surface area contributed by atoms with Crippen LogP contribution < -0.4 is 15.5 Å². The van der Waals surface area contributed by atoms with Gasteiger partial charge in [-0.2, -0.15) is 4.98 Å². The van der Waals surface area contributed by atoms with E-state index in [4.69, 9.17) is 24.3 Å². The molecule has 0 spiro atoms. The van der Waals surface area contributed by atoms with Crippen LogP contribution >= 0.6 is 0 Å². The van der Waals surface area contributed by atoms with Gasteiger partial charge in [-0.25, -0.2) is 4.98 Å². The Bertz CT molecular complexity index is 889. The summed E-state index contributed by atoms with van der Waals surface area (Å²) in [7, 11) is -1.82. The predicted molar refractivity (Wildman–Crippen MR) is 123 cm³/mol. The quantitative estimate of drug-likeness (QED) is 0.731. The number of hydrogen-bond donors (Lipinski definition) is 1. The van der Waals surface area contributed by atoms with Crippen molar-refractivity contribution in [1.29, 1.82) is 0 Å². The number of pyridine rings is 1. The number of nitrogen functional groups attached to an aromatic ring is 1. The molecule has 2 aliphatic heterocycles. The Labute approximate surface area is 179 Å². The minimum atomic E-state index is -1.82. The number of rotatable bonds is 4. The van der Waals surface area contributed by atoms with Crippen LogP contribution in [-0.4, -0.2) is 63.8 Å². The molecular weight excluding hydrogens is 398 g/mol. The number of piperidine rings is 1. The van der Waals surface area contributed by atoms with Crippen LogP contribution in [0.3, 0.4) is 0 Å². The van der Waals surface area contributed by atoms with E-state index < -0.39 is 8.32 Å². The zero-order valence-electron chi connectivity index (χ0n) is 18.9. The third-order valence-electron chi connectivity index (χ3n) is 6.61. The first-order chi connectivity index (χ1) is 14.1. The molecule has 2 aliphatic rings. The number of morpholine rings is 1. The molecule has 9 heteroatoms. The molecule has 0 aromatic carbocycles. The Hall–Kier alpha value is -1.84. The van der Waals surface area contributed by atoms with Crippen molar-refractivity contribution in [2.75, 3.05) is 54.9 Å². The van der Waals surface area contributed by atoms with Gasteiger partial charge in [0.2, 0.25) is 5.65 Å².